The van der Waals surface area contributed by atoms with Crippen LogP contribution in [0.4, 0.5) is 0 Å². The lowest BCUT2D eigenvalue weighted by molar-refractivity contribution is 0.250. The smallest absolute Gasteiger partial charge is 0.119 e. The molecule has 98 valence electrons. The molecule has 0 aromatic heterocycles. The molecule has 2 heteroatoms. The minimum absolute atomic E-state index is 0.139. The topological polar surface area (TPSA) is 40.5 Å². The van der Waals surface area contributed by atoms with E-state index >= 15 is 0 Å². The van der Waals surface area contributed by atoms with Crippen molar-refractivity contribution in [3.8, 4) is 5.75 Å². The summed E-state index contributed by atoms with van der Waals surface area (Å²) in [7, 11) is 0. The first-order chi connectivity index (χ1) is 7.88. The van der Waals surface area contributed by atoms with Crippen molar-refractivity contribution in [2.75, 3.05) is 6.61 Å². The highest BCUT2D eigenvalue weighted by atomic mass is 16.3. The minimum Gasteiger partial charge on any atom is -0.508 e. The van der Waals surface area contributed by atoms with E-state index in [-0.39, 0.29) is 12.0 Å². The Balaban J connectivity index is 0.00000121. The molecule has 0 amide bonds. The molecule has 2 nitrogen and oxygen atoms in total. The van der Waals surface area contributed by atoms with Crippen LogP contribution in [0.3, 0.4) is 0 Å². The van der Waals surface area contributed by atoms with E-state index in [0.717, 1.165) is 16.7 Å². The summed E-state index contributed by atoms with van der Waals surface area (Å²) in [6.07, 6.45) is 0.657. The Kier molecular flexibility index (Phi) is 6.25. The van der Waals surface area contributed by atoms with E-state index in [4.69, 9.17) is 5.11 Å². The zero-order chi connectivity index (χ0) is 13.6. The van der Waals surface area contributed by atoms with Crippen molar-refractivity contribution in [2.45, 2.75) is 53.4 Å². The second-order valence-corrected chi connectivity index (χ2v) is 4.83. The van der Waals surface area contributed by atoms with Crippen LogP contribution in [0.15, 0.2) is 12.1 Å². The van der Waals surface area contributed by atoms with Crippen LogP contribution >= 0.6 is 0 Å². The maximum absolute atomic E-state index is 9.95. The van der Waals surface area contributed by atoms with Crippen LogP contribution < -0.4 is 0 Å². The van der Waals surface area contributed by atoms with Gasteiger partial charge in [-0.2, -0.15) is 0 Å². The molecule has 0 fully saturated rings. The van der Waals surface area contributed by atoms with E-state index in [1.807, 2.05) is 41.5 Å². The van der Waals surface area contributed by atoms with Crippen LogP contribution in [-0.2, 0) is 5.41 Å². The van der Waals surface area contributed by atoms with Gasteiger partial charge >= 0.3 is 0 Å². The highest BCUT2D eigenvalue weighted by Crippen LogP contribution is 2.36. The molecule has 0 aliphatic heterocycles. The third-order valence-electron chi connectivity index (χ3n) is 2.87. The summed E-state index contributed by atoms with van der Waals surface area (Å²) >= 11 is 0. The van der Waals surface area contributed by atoms with Gasteiger partial charge in [-0.1, -0.05) is 33.8 Å². The van der Waals surface area contributed by atoms with Crippen molar-refractivity contribution in [1.29, 1.82) is 0 Å². The van der Waals surface area contributed by atoms with Crippen LogP contribution in [0.2, 0.25) is 0 Å². The van der Waals surface area contributed by atoms with Gasteiger partial charge in [0.25, 0.3) is 0 Å². The first-order valence-corrected chi connectivity index (χ1v) is 6.30. The van der Waals surface area contributed by atoms with E-state index in [9.17, 15) is 5.11 Å². The molecule has 0 atom stereocenters. The predicted octanol–water partition coefficient (Wildman–Crippen LogP) is 3.70. The van der Waals surface area contributed by atoms with Crippen LogP contribution in [0.25, 0.3) is 0 Å². The van der Waals surface area contributed by atoms with Gasteiger partial charge in [0.15, 0.2) is 0 Å². The van der Waals surface area contributed by atoms with Gasteiger partial charge in [-0.05, 0) is 42.9 Å². The van der Waals surface area contributed by atoms with E-state index in [0.29, 0.717) is 12.2 Å². The summed E-state index contributed by atoms with van der Waals surface area (Å²) in [5.41, 5.74) is 2.91. The second kappa shape index (κ2) is 6.65. The number of hydrogen-bond acceptors (Lipinski definition) is 2. The van der Waals surface area contributed by atoms with Gasteiger partial charge < -0.3 is 10.2 Å². The van der Waals surface area contributed by atoms with Crippen molar-refractivity contribution in [3.05, 3.63) is 28.8 Å². The Morgan fingerprint density at radius 2 is 1.65 bits per heavy atom. The Morgan fingerprint density at radius 1 is 1.12 bits per heavy atom. The molecular formula is C15H26O2. The van der Waals surface area contributed by atoms with Crippen molar-refractivity contribution in [2.24, 2.45) is 0 Å². The largest absolute Gasteiger partial charge is 0.508 e. The highest BCUT2D eigenvalue weighted by molar-refractivity contribution is 5.46. The highest BCUT2D eigenvalue weighted by Gasteiger charge is 2.25. The fourth-order valence-corrected chi connectivity index (χ4v) is 2.23. The zero-order valence-electron chi connectivity index (χ0n) is 12.0. The number of aliphatic hydroxyl groups is 1. The second-order valence-electron chi connectivity index (χ2n) is 4.83. The lowest BCUT2D eigenvalue weighted by Crippen LogP contribution is -2.20. The number of aromatic hydroxyl groups is 1. The molecule has 1 aromatic rings. The fraction of sp³-hybridized carbons (Fsp3) is 0.600. The van der Waals surface area contributed by atoms with Crippen LogP contribution in [0.1, 0.15) is 50.8 Å². The molecule has 0 saturated heterocycles. The molecule has 2 N–H and O–H groups in total. The number of aliphatic hydroxyl groups excluding tert-OH is 1. The Bertz CT molecular complexity index is 331. The molecule has 0 bridgehead atoms. The van der Waals surface area contributed by atoms with Crippen molar-refractivity contribution in [1.82, 2.24) is 0 Å². The van der Waals surface area contributed by atoms with E-state index in [1.54, 1.807) is 6.07 Å². The normalized spacial score (nSPS) is 10.8. The third-order valence-corrected chi connectivity index (χ3v) is 2.87. The summed E-state index contributed by atoms with van der Waals surface area (Å²) in [5, 5.41) is 19.0. The third kappa shape index (κ3) is 4.04. The molecule has 0 radical (unpaired) electrons. The van der Waals surface area contributed by atoms with Gasteiger partial charge in [0.2, 0.25) is 0 Å². The Labute approximate surface area is 105 Å². The van der Waals surface area contributed by atoms with Crippen molar-refractivity contribution in [3.63, 3.8) is 0 Å². The summed E-state index contributed by atoms with van der Waals surface area (Å²) < 4.78 is 0. The summed E-state index contributed by atoms with van der Waals surface area (Å²) in [6.45, 7) is 12.2. The molecule has 0 unspecified atom stereocenters. The molecule has 0 aliphatic carbocycles. The SMILES string of the molecule is CC.Cc1cc(C)c(C(C)(C)CCO)c(O)c1. The first-order valence-electron chi connectivity index (χ1n) is 6.30. The summed E-state index contributed by atoms with van der Waals surface area (Å²) in [4.78, 5) is 0. The molecular weight excluding hydrogens is 212 g/mol. The average molecular weight is 238 g/mol. The molecule has 0 saturated carbocycles. The Hall–Kier alpha value is -1.02. The average Bonchev–Trinajstić information content (AvgIpc) is 2.18. The molecule has 0 aliphatic rings. The van der Waals surface area contributed by atoms with Crippen LogP contribution in [-0.4, -0.2) is 16.8 Å². The van der Waals surface area contributed by atoms with Crippen molar-refractivity contribution >= 4 is 0 Å². The zero-order valence-corrected chi connectivity index (χ0v) is 12.0. The Morgan fingerprint density at radius 3 is 2.06 bits per heavy atom. The quantitative estimate of drug-likeness (QED) is 0.843. The number of hydrogen-bond donors (Lipinski definition) is 2. The van der Waals surface area contributed by atoms with Crippen LogP contribution in [0.5, 0.6) is 5.75 Å². The van der Waals surface area contributed by atoms with Gasteiger partial charge in [-0.25, -0.2) is 0 Å². The molecule has 1 rings (SSSR count). The predicted molar refractivity (Wildman–Crippen MR) is 73.7 cm³/mol. The maximum Gasteiger partial charge on any atom is 0.119 e. The number of aryl methyl sites for hydroxylation is 2. The number of rotatable bonds is 3. The number of phenols is 1. The minimum atomic E-state index is -0.184. The van der Waals surface area contributed by atoms with Gasteiger partial charge in [0, 0.05) is 12.2 Å². The summed E-state index contributed by atoms with van der Waals surface area (Å²) in [5.74, 6) is 0.339. The number of benzene rings is 1. The lowest BCUT2D eigenvalue weighted by Gasteiger charge is -2.27. The maximum atomic E-state index is 9.95. The van der Waals surface area contributed by atoms with Crippen molar-refractivity contribution < 1.29 is 10.2 Å². The standard InChI is InChI=1S/C13H20O2.C2H6/c1-9-7-10(2)12(11(15)8-9)13(3,4)5-6-14;1-2/h7-8,14-15H,5-6H2,1-4H3;1-2H3. The fourth-order valence-electron chi connectivity index (χ4n) is 2.23. The van der Waals surface area contributed by atoms with E-state index < -0.39 is 0 Å². The van der Waals surface area contributed by atoms with Gasteiger partial charge in [-0.15, -0.1) is 0 Å². The first kappa shape index (κ1) is 16.0. The molecule has 1 aromatic carbocycles. The van der Waals surface area contributed by atoms with E-state index in [1.165, 1.54) is 0 Å². The molecule has 17 heavy (non-hydrogen) atoms. The van der Waals surface area contributed by atoms with Gasteiger partial charge in [-0.3, -0.25) is 0 Å². The molecule has 0 spiro atoms. The van der Waals surface area contributed by atoms with Gasteiger partial charge in [0.1, 0.15) is 5.75 Å². The van der Waals surface area contributed by atoms with Gasteiger partial charge in [0.05, 0.1) is 0 Å². The summed E-state index contributed by atoms with van der Waals surface area (Å²) in [6, 6.07) is 3.84. The monoisotopic (exact) mass is 238 g/mol. The van der Waals surface area contributed by atoms with Crippen LogP contribution in [0, 0.1) is 13.8 Å². The van der Waals surface area contributed by atoms with E-state index in [2.05, 4.69) is 6.07 Å². The lowest BCUT2D eigenvalue weighted by atomic mass is 9.78. The molecule has 0 heterocycles. The number of phenolic OH excluding ortho intramolecular Hbond substituents is 1.